The number of carbonyl (C=O) groups is 1. The van der Waals surface area contributed by atoms with E-state index in [0.717, 1.165) is 31.3 Å². The van der Waals surface area contributed by atoms with Crippen LogP contribution in [0.1, 0.15) is 15.9 Å². The van der Waals surface area contributed by atoms with Crippen LogP contribution in [0.5, 0.6) is 11.5 Å². The van der Waals surface area contributed by atoms with E-state index in [9.17, 15) is 14.9 Å². The van der Waals surface area contributed by atoms with Crippen LogP contribution >= 0.6 is 23.1 Å². The van der Waals surface area contributed by atoms with Crippen molar-refractivity contribution in [3.8, 4) is 11.5 Å². The number of hydrogen-bond acceptors (Lipinski definition) is 11. The van der Waals surface area contributed by atoms with E-state index in [2.05, 4.69) is 26.1 Å². The molecule has 1 aromatic heterocycles. The predicted molar refractivity (Wildman–Crippen MR) is 115 cm³/mol. The first kappa shape index (κ1) is 21.2. The molecule has 1 saturated heterocycles. The molecule has 0 aliphatic carbocycles. The highest BCUT2D eigenvalue weighted by Crippen LogP contribution is 2.40. The summed E-state index contributed by atoms with van der Waals surface area (Å²) >= 11 is 2.78. The molecular formula is C17H22BN5O5S2. The summed E-state index contributed by atoms with van der Waals surface area (Å²) in [7, 11) is 0.224. The first-order valence-corrected chi connectivity index (χ1v) is 11.2. The van der Waals surface area contributed by atoms with Gasteiger partial charge in [-0.15, -0.1) is 10.2 Å². The number of aromatic carboxylic acids is 1. The van der Waals surface area contributed by atoms with Gasteiger partial charge in [0.2, 0.25) is 5.13 Å². The number of nitrogens with one attached hydrogen (secondary N) is 3. The van der Waals surface area contributed by atoms with Crippen LogP contribution in [-0.2, 0) is 6.42 Å². The number of benzene rings is 1. The average molecular weight is 451 g/mol. The molecule has 1 aromatic carbocycles. The van der Waals surface area contributed by atoms with Crippen LogP contribution in [0, 0.1) is 0 Å². The Morgan fingerprint density at radius 3 is 2.97 bits per heavy atom. The number of methoxy groups -OCH3 is 1. The maximum atomic E-state index is 11.6. The van der Waals surface area contributed by atoms with Crippen molar-refractivity contribution in [2.45, 2.75) is 22.0 Å². The summed E-state index contributed by atoms with van der Waals surface area (Å²) < 4.78 is 11.4. The highest BCUT2D eigenvalue weighted by Gasteiger charge is 2.39. The second-order valence-corrected chi connectivity index (χ2v) is 9.38. The van der Waals surface area contributed by atoms with Crippen LogP contribution < -0.4 is 25.3 Å². The Morgan fingerprint density at radius 1 is 1.43 bits per heavy atom. The third-order valence-electron chi connectivity index (χ3n) is 4.89. The minimum Gasteiger partial charge on any atom is -0.534 e. The van der Waals surface area contributed by atoms with Crippen LogP contribution in [0.2, 0.25) is 0 Å². The minimum atomic E-state index is -1.17. The van der Waals surface area contributed by atoms with Gasteiger partial charge in [-0.25, -0.2) is 4.79 Å². The Kier molecular flexibility index (Phi) is 6.63. The number of thioether (sulfide) groups is 1. The number of nitrogens with zero attached hydrogens (tertiary/aromatic N) is 2. The molecule has 2 aliphatic heterocycles. The van der Waals surface area contributed by atoms with Gasteiger partial charge in [0.15, 0.2) is 4.34 Å². The van der Waals surface area contributed by atoms with Crippen LogP contribution in [0.4, 0.5) is 5.13 Å². The van der Waals surface area contributed by atoms with Crippen LogP contribution in [-0.4, -0.2) is 77.9 Å². The van der Waals surface area contributed by atoms with Crippen LogP contribution in [0.15, 0.2) is 16.5 Å². The molecule has 1 fully saturated rings. The molecule has 1 atom stereocenters. The lowest BCUT2D eigenvalue weighted by molar-refractivity contribution is 0.0690. The van der Waals surface area contributed by atoms with Gasteiger partial charge in [-0.2, -0.15) is 0 Å². The van der Waals surface area contributed by atoms with Gasteiger partial charge in [-0.1, -0.05) is 29.2 Å². The summed E-state index contributed by atoms with van der Waals surface area (Å²) in [5.74, 6) is -0.813. The molecule has 0 amide bonds. The van der Waals surface area contributed by atoms with Crippen molar-refractivity contribution >= 4 is 41.3 Å². The second kappa shape index (κ2) is 9.39. The number of rotatable bonds is 9. The number of fused-ring (bicyclic) bond motifs is 1. The highest BCUT2D eigenvalue weighted by molar-refractivity contribution is 8.02. The zero-order valence-electron chi connectivity index (χ0n) is 16.3. The van der Waals surface area contributed by atoms with Gasteiger partial charge in [-0.3, -0.25) is 0 Å². The number of carboxylic acid groups (broad SMARTS) is 1. The molecule has 0 radical (unpaired) electrons. The van der Waals surface area contributed by atoms with E-state index in [4.69, 9.17) is 9.39 Å². The molecule has 30 heavy (non-hydrogen) atoms. The van der Waals surface area contributed by atoms with E-state index < -0.39 is 13.1 Å². The standard InChI is InChI=1S/C17H22BN5O5S2/c1-27-11-3-2-9-6-12(18(26)28-14(9)13(11)15(24)25)29-17-23-22-16(30-17)21-5-4-20-10-7-19-8-10/h2-3,10,12,19-20,26H,4-8H2,1H3,(H,21,22)(H,24,25)/t12-/m0/s1. The number of hydrogen-bond donors (Lipinski definition) is 5. The second-order valence-electron chi connectivity index (χ2n) is 6.91. The summed E-state index contributed by atoms with van der Waals surface area (Å²) in [6.45, 7) is 3.61. The van der Waals surface area contributed by atoms with Crippen molar-refractivity contribution in [1.29, 1.82) is 0 Å². The fourth-order valence-electron chi connectivity index (χ4n) is 3.23. The van der Waals surface area contributed by atoms with E-state index in [1.807, 2.05) is 0 Å². The monoisotopic (exact) mass is 451 g/mol. The Morgan fingerprint density at radius 2 is 2.27 bits per heavy atom. The number of aromatic nitrogens is 2. The SMILES string of the molecule is COc1ccc2c(c1C(=O)O)OB(O)[C@@H](Sc1nnc(NCCNC3CNC3)s1)C2. The largest absolute Gasteiger partial charge is 0.537 e. The van der Waals surface area contributed by atoms with Gasteiger partial charge < -0.3 is 35.5 Å². The fraction of sp³-hybridized carbons (Fsp3) is 0.471. The Balaban J connectivity index is 1.36. The van der Waals surface area contributed by atoms with Crippen molar-refractivity contribution in [2.24, 2.45) is 0 Å². The van der Waals surface area contributed by atoms with E-state index in [1.54, 1.807) is 12.1 Å². The van der Waals surface area contributed by atoms with Crippen molar-refractivity contribution in [2.75, 3.05) is 38.6 Å². The molecule has 2 aliphatic rings. The normalized spacial score (nSPS) is 18.3. The molecule has 0 bridgehead atoms. The quantitative estimate of drug-likeness (QED) is 0.266. The first-order chi connectivity index (χ1) is 14.5. The summed E-state index contributed by atoms with van der Waals surface area (Å²) in [6, 6.07) is 3.91. The Bertz CT molecular complexity index is 913. The predicted octanol–water partition coefficient (Wildman–Crippen LogP) is 0.334. The first-order valence-electron chi connectivity index (χ1n) is 9.51. The zero-order valence-corrected chi connectivity index (χ0v) is 17.9. The van der Waals surface area contributed by atoms with Crippen LogP contribution in [0.3, 0.4) is 0 Å². The van der Waals surface area contributed by atoms with E-state index in [-0.39, 0.29) is 22.2 Å². The lowest BCUT2D eigenvalue weighted by Gasteiger charge is -2.28. The molecule has 0 saturated carbocycles. The van der Waals surface area contributed by atoms with E-state index >= 15 is 0 Å². The summed E-state index contributed by atoms with van der Waals surface area (Å²) in [6.07, 6.45) is 0.438. The Labute approximate surface area is 181 Å². The molecule has 5 N–H and O–H groups in total. The molecule has 4 rings (SSSR count). The zero-order chi connectivity index (χ0) is 21.1. The summed E-state index contributed by atoms with van der Waals surface area (Å²) in [5.41, 5.74) is 0.626. The molecule has 0 spiro atoms. The van der Waals surface area contributed by atoms with E-state index in [0.29, 0.717) is 22.4 Å². The smallest absolute Gasteiger partial charge is 0.534 e. The van der Waals surface area contributed by atoms with Gasteiger partial charge in [-0.05, 0) is 18.1 Å². The van der Waals surface area contributed by atoms with E-state index in [1.165, 1.54) is 30.2 Å². The third kappa shape index (κ3) is 4.65. The summed E-state index contributed by atoms with van der Waals surface area (Å²) in [4.78, 5) is 11.6. The molecule has 10 nitrogen and oxygen atoms in total. The number of anilines is 1. The number of carboxylic acids is 1. The molecule has 0 unspecified atom stereocenters. The highest BCUT2D eigenvalue weighted by atomic mass is 32.2. The maximum Gasteiger partial charge on any atom is 0.537 e. The van der Waals surface area contributed by atoms with Gasteiger partial charge >= 0.3 is 13.1 Å². The number of ether oxygens (including phenoxy) is 1. The average Bonchev–Trinajstić information content (AvgIpc) is 3.13. The van der Waals surface area contributed by atoms with Crippen molar-refractivity contribution in [3.63, 3.8) is 0 Å². The van der Waals surface area contributed by atoms with Gasteiger partial charge in [0.1, 0.15) is 17.1 Å². The lowest BCUT2D eigenvalue weighted by atomic mass is 9.77. The molecule has 160 valence electrons. The molecule has 13 heteroatoms. The van der Waals surface area contributed by atoms with Crippen molar-refractivity contribution in [3.05, 3.63) is 23.3 Å². The van der Waals surface area contributed by atoms with Gasteiger partial charge in [0, 0.05) is 32.2 Å². The lowest BCUT2D eigenvalue weighted by Crippen LogP contribution is -2.56. The molecular weight excluding hydrogens is 429 g/mol. The Hall–Kier alpha value is -2.06. The van der Waals surface area contributed by atoms with Crippen LogP contribution in [0.25, 0.3) is 0 Å². The van der Waals surface area contributed by atoms with Crippen molar-refractivity contribution < 1.29 is 24.3 Å². The topological polar surface area (TPSA) is 138 Å². The minimum absolute atomic E-state index is 0.0776. The van der Waals surface area contributed by atoms with Gasteiger partial charge in [0.25, 0.3) is 0 Å². The molecule has 2 aromatic rings. The van der Waals surface area contributed by atoms with Crippen molar-refractivity contribution in [1.82, 2.24) is 20.8 Å². The summed E-state index contributed by atoms with van der Waals surface area (Å²) in [5, 5.41) is 38.5. The molecule has 3 heterocycles. The third-order valence-corrected chi connectivity index (χ3v) is 7.09. The van der Waals surface area contributed by atoms with Gasteiger partial charge in [0.05, 0.1) is 12.3 Å². The fourth-order valence-corrected chi connectivity index (χ4v) is 5.31. The maximum absolute atomic E-state index is 11.6.